The van der Waals surface area contributed by atoms with E-state index in [0.29, 0.717) is 18.8 Å². The molecule has 21 heavy (non-hydrogen) atoms. The molecule has 0 aliphatic rings. The van der Waals surface area contributed by atoms with Gasteiger partial charge in [0.05, 0.1) is 6.42 Å². The van der Waals surface area contributed by atoms with E-state index < -0.39 is 12.0 Å². The molecule has 0 spiro atoms. The molecule has 0 heterocycles. The van der Waals surface area contributed by atoms with Gasteiger partial charge in [0, 0.05) is 23.2 Å². The summed E-state index contributed by atoms with van der Waals surface area (Å²) < 4.78 is 0.911. The van der Waals surface area contributed by atoms with Crippen molar-refractivity contribution in [3.05, 3.63) is 28.7 Å². The molecule has 0 saturated heterocycles. The number of carbonyl (C=O) groups excluding carboxylic acids is 1. The Labute approximate surface area is 132 Å². The van der Waals surface area contributed by atoms with Gasteiger partial charge in [-0.15, -0.1) is 0 Å². The van der Waals surface area contributed by atoms with Crippen LogP contribution in [0.1, 0.15) is 6.42 Å². The van der Waals surface area contributed by atoms with Crippen molar-refractivity contribution in [3.63, 3.8) is 0 Å². The lowest BCUT2D eigenvalue weighted by Crippen LogP contribution is -2.42. The van der Waals surface area contributed by atoms with Gasteiger partial charge in [0.25, 0.3) is 0 Å². The van der Waals surface area contributed by atoms with Crippen LogP contribution in [-0.2, 0) is 9.59 Å². The summed E-state index contributed by atoms with van der Waals surface area (Å²) in [4.78, 5) is 25.0. The molecule has 1 rings (SSSR count). The summed E-state index contributed by atoms with van der Waals surface area (Å²) in [6.45, 7) is 1.22. The number of carboxylic acid groups (broad SMARTS) is 1. The highest BCUT2D eigenvalue weighted by Crippen LogP contribution is 2.14. The Morgan fingerprint density at radius 1 is 1.29 bits per heavy atom. The molecule has 0 aromatic heterocycles. The molecule has 0 bridgehead atoms. The summed E-state index contributed by atoms with van der Waals surface area (Å²) in [6, 6.07) is 6.22. The first-order chi connectivity index (χ1) is 9.88. The van der Waals surface area contributed by atoms with Crippen molar-refractivity contribution in [2.45, 2.75) is 12.5 Å². The van der Waals surface area contributed by atoms with Gasteiger partial charge in [0.15, 0.2) is 0 Å². The third-order valence-electron chi connectivity index (χ3n) is 2.77. The molecular weight excluding hydrogens is 338 g/mol. The van der Waals surface area contributed by atoms with Crippen LogP contribution in [0.5, 0.6) is 0 Å². The van der Waals surface area contributed by atoms with Crippen LogP contribution in [0.3, 0.4) is 0 Å². The van der Waals surface area contributed by atoms with E-state index in [1.807, 2.05) is 19.0 Å². The van der Waals surface area contributed by atoms with E-state index in [0.717, 1.165) is 4.47 Å². The maximum Gasteiger partial charge on any atom is 0.321 e. The number of carboxylic acids is 1. The van der Waals surface area contributed by atoms with Gasteiger partial charge >= 0.3 is 5.97 Å². The molecule has 1 aromatic carbocycles. The van der Waals surface area contributed by atoms with Crippen molar-refractivity contribution < 1.29 is 14.7 Å². The largest absolute Gasteiger partial charge is 0.480 e. The average Bonchev–Trinajstić information content (AvgIpc) is 2.39. The van der Waals surface area contributed by atoms with Crippen LogP contribution in [0.15, 0.2) is 28.7 Å². The molecule has 1 aromatic rings. The fraction of sp³-hybridized carbons (Fsp3) is 0.429. The molecule has 7 heteroatoms. The summed E-state index contributed by atoms with van der Waals surface area (Å²) in [5.41, 5.74) is 0.639. The topological polar surface area (TPSA) is 81.7 Å². The van der Waals surface area contributed by atoms with Crippen molar-refractivity contribution in [1.29, 1.82) is 0 Å². The van der Waals surface area contributed by atoms with E-state index in [4.69, 9.17) is 5.11 Å². The molecule has 6 nitrogen and oxygen atoms in total. The minimum Gasteiger partial charge on any atom is -0.480 e. The van der Waals surface area contributed by atoms with Gasteiger partial charge < -0.3 is 20.6 Å². The number of benzene rings is 1. The van der Waals surface area contributed by atoms with Gasteiger partial charge in [-0.3, -0.25) is 9.59 Å². The molecule has 0 unspecified atom stereocenters. The van der Waals surface area contributed by atoms with Gasteiger partial charge in [-0.1, -0.05) is 15.9 Å². The first-order valence-electron chi connectivity index (χ1n) is 6.55. The van der Waals surface area contributed by atoms with E-state index in [9.17, 15) is 9.59 Å². The molecular formula is C14H20BrN3O3. The zero-order valence-electron chi connectivity index (χ0n) is 12.1. The Hall–Kier alpha value is -1.44. The Bertz CT molecular complexity index is 477. The van der Waals surface area contributed by atoms with Gasteiger partial charge in [0.1, 0.15) is 6.04 Å². The summed E-state index contributed by atoms with van der Waals surface area (Å²) in [5, 5.41) is 14.7. The zero-order valence-corrected chi connectivity index (χ0v) is 13.7. The van der Waals surface area contributed by atoms with Crippen molar-refractivity contribution in [1.82, 2.24) is 10.2 Å². The van der Waals surface area contributed by atoms with Crippen molar-refractivity contribution in [2.24, 2.45) is 0 Å². The number of halogens is 1. The Morgan fingerprint density at radius 3 is 2.43 bits per heavy atom. The van der Waals surface area contributed by atoms with Crippen LogP contribution < -0.4 is 10.6 Å². The Kier molecular flexibility index (Phi) is 7.35. The number of aliphatic carboxylic acids is 1. The van der Waals surface area contributed by atoms with Gasteiger partial charge in [-0.05, 0) is 38.4 Å². The summed E-state index contributed by atoms with van der Waals surface area (Å²) in [5.74, 6) is -1.36. The van der Waals surface area contributed by atoms with Crippen molar-refractivity contribution in [3.8, 4) is 0 Å². The molecule has 116 valence electrons. The third-order valence-corrected chi connectivity index (χ3v) is 3.29. The molecule has 0 aliphatic carbocycles. The minimum absolute atomic E-state index is 0.112. The summed E-state index contributed by atoms with van der Waals surface area (Å²) >= 11 is 3.31. The van der Waals surface area contributed by atoms with Crippen LogP contribution in [0, 0.1) is 0 Å². The second-order valence-electron chi connectivity index (χ2n) is 4.91. The van der Waals surface area contributed by atoms with Gasteiger partial charge in [-0.25, -0.2) is 0 Å². The highest BCUT2D eigenvalue weighted by molar-refractivity contribution is 9.10. The Morgan fingerprint density at radius 2 is 1.90 bits per heavy atom. The standard InChI is InChI=1S/C14H20BrN3O3/c1-18(2)8-7-16-12(14(20)21)9-13(19)17-11-5-3-10(15)4-6-11/h3-6,12,16H,7-9H2,1-2H3,(H,17,19)(H,20,21)/t12-/m1/s1. The molecule has 0 fully saturated rings. The quantitative estimate of drug-likeness (QED) is 0.654. The maximum atomic E-state index is 11.9. The second-order valence-corrected chi connectivity index (χ2v) is 5.82. The number of anilines is 1. The molecule has 1 amide bonds. The highest BCUT2D eigenvalue weighted by atomic mass is 79.9. The van der Waals surface area contributed by atoms with Crippen LogP contribution >= 0.6 is 15.9 Å². The smallest absolute Gasteiger partial charge is 0.321 e. The van der Waals surface area contributed by atoms with Gasteiger partial charge in [0.2, 0.25) is 5.91 Å². The van der Waals surface area contributed by atoms with Crippen LogP contribution in [0.2, 0.25) is 0 Å². The number of nitrogens with zero attached hydrogens (tertiary/aromatic N) is 1. The molecule has 0 aliphatic heterocycles. The second kappa shape index (κ2) is 8.76. The lowest BCUT2D eigenvalue weighted by Gasteiger charge is -2.16. The number of likely N-dealkylation sites (N-methyl/N-ethyl adjacent to an activating group) is 1. The number of rotatable bonds is 8. The fourth-order valence-electron chi connectivity index (χ4n) is 1.64. The molecule has 0 radical (unpaired) electrons. The van der Waals surface area contributed by atoms with E-state index in [1.165, 1.54) is 0 Å². The van der Waals surface area contributed by atoms with Crippen LogP contribution in [-0.4, -0.2) is 55.1 Å². The first-order valence-corrected chi connectivity index (χ1v) is 7.34. The number of amides is 1. The predicted molar refractivity (Wildman–Crippen MR) is 85.4 cm³/mol. The number of nitrogens with one attached hydrogen (secondary N) is 2. The lowest BCUT2D eigenvalue weighted by molar-refractivity contribution is -0.141. The number of hydrogen-bond acceptors (Lipinski definition) is 4. The van der Waals surface area contributed by atoms with Crippen LogP contribution in [0.4, 0.5) is 5.69 Å². The SMILES string of the molecule is CN(C)CCN[C@H](CC(=O)Nc1ccc(Br)cc1)C(=O)O. The molecule has 1 atom stereocenters. The van der Waals surface area contributed by atoms with E-state index in [-0.39, 0.29) is 12.3 Å². The highest BCUT2D eigenvalue weighted by Gasteiger charge is 2.20. The minimum atomic E-state index is -1.03. The monoisotopic (exact) mass is 357 g/mol. The third kappa shape index (κ3) is 7.22. The van der Waals surface area contributed by atoms with Crippen molar-refractivity contribution >= 4 is 33.5 Å². The average molecular weight is 358 g/mol. The van der Waals surface area contributed by atoms with E-state index >= 15 is 0 Å². The van der Waals surface area contributed by atoms with Crippen molar-refractivity contribution in [2.75, 3.05) is 32.5 Å². The van der Waals surface area contributed by atoms with E-state index in [1.54, 1.807) is 24.3 Å². The Balaban J connectivity index is 2.48. The van der Waals surface area contributed by atoms with E-state index in [2.05, 4.69) is 26.6 Å². The summed E-state index contributed by atoms with van der Waals surface area (Å²) in [7, 11) is 3.80. The zero-order chi connectivity index (χ0) is 15.8. The first kappa shape index (κ1) is 17.6. The summed E-state index contributed by atoms with van der Waals surface area (Å²) in [6.07, 6.45) is -0.112. The lowest BCUT2D eigenvalue weighted by atomic mass is 10.2. The normalized spacial score (nSPS) is 12.2. The number of hydrogen-bond donors (Lipinski definition) is 3. The molecule has 3 N–H and O–H groups in total. The van der Waals surface area contributed by atoms with Gasteiger partial charge in [-0.2, -0.15) is 0 Å². The number of carbonyl (C=O) groups is 2. The van der Waals surface area contributed by atoms with Crippen LogP contribution in [0.25, 0.3) is 0 Å². The predicted octanol–water partition coefficient (Wildman–Crippen LogP) is 1.38. The fourth-order valence-corrected chi connectivity index (χ4v) is 1.90. The maximum absolute atomic E-state index is 11.9. The molecule has 0 saturated carbocycles.